The van der Waals surface area contributed by atoms with Gasteiger partial charge in [-0.2, -0.15) is 5.10 Å². The molecule has 98 valence electrons. The fourth-order valence-corrected chi connectivity index (χ4v) is 2.32. The number of nitrogens with zero attached hydrogens (tertiary/aromatic N) is 3. The van der Waals surface area contributed by atoms with Crippen LogP contribution in [-0.4, -0.2) is 32.5 Å². The van der Waals surface area contributed by atoms with Gasteiger partial charge >= 0.3 is 0 Å². The molecule has 2 aromatic rings. The average Bonchev–Trinajstić information content (AvgIpc) is 3.02. The predicted molar refractivity (Wildman–Crippen MR) is 70.3 cm³/mol. The fraction of sp³-hybridized carbons (Fsp3) is 0.357. The van der Waals surface area contributed by atoms with Crippen molar-refractivity contribution in [3.8, 4) is 0 Å². The standard InChI is InChI=1S/C14H16N4O/c19-14-7-4-8-18(14)10-13-15-12(16-17-13)9-11-5-2-1-3-6-11/h1-3,5-6H,4,7-10H2,(H,15,16,17). The number of H-pyrrole nitrogens is 1. The minimum absolute atomic E-state index is 0.209. The van der Waals surface area contributed by atoms with Gasteiger partial charge in [0, 0.05) is 19.4 Å². The van der Waals surface area contributed by atoms with Crippen LogP contribution >= 0.6 is 0 Å². The number of carbonyl (C=O) groups is 1. The molecule has 1 N–H and O–H groups in total. The summed E-state index contributed by atoms with van der Waals surface area (Å²) in [5.41, 5.74) is 1.19. The summed E-state index contributed by atoms with van der Waals surface area (Å²) in [5.74, 6) is 1.75. The van der Waals surface area contributed by atoms with Crippen LogP contribution in [0.15, 0.2) is 30.3 Å². The molecule has 5 heteroatoms. The van der Waals surface area contributed by atoms with E-state index in [0.29, 0.717) is 19.4 Å². The third-order valence-corrected chi connectivity index (χ3v) is 3.30. The highest BCUT2D eigenvalue weighted by Gasteiger charge is 2.21. The summed E-state index contributed by atoms with van der Waals surface area (Å²) in [6.07, 6.45) is 2.32. The zero-order valence-corrected chi connectivity index (χ0v) is 10.7. The van der Waals surface area contributed by atoms with Crippen LogP contribution in [0.3, 0.4) is 0 Å². The predicted octanol–water partition coefficient (Wildman–Crippen LogP) is 1.52. The van der Waals surface area contributed by atoms with E-state index in [-0.39, 0.29) is 5.91 Å². The van der Waals surface area contributed by atoms with Crippen LogP contribution in [0.4, 0.5) is 0 Å². The molecule has 0 saturated carbocycles. The number of benzene rings is 1. The number of hydrogen-bond donors (Lipinski definition) is 1. The second-order valence-electron chi connectivity index (χ2n) is 4.78. The lowest BCUT2D eigenvalue weighted by Gasteiger charge is -2.12. The third-order valence-electron chi connectivity index (χ3n) is 3.30. The van der Waals surface area contributed by atoms with E-state index in [1.54, 1.807) is 0 Å². The van der Waals surface area contributed by atoms with E-state index in [9.17, 15) is 4.79 Å². The van der Waals surface area contributed by atoms with Crippen LogP contribution < -0.4 is 0 Å². The van der Waals surface area contributed by atoms with Crippen LogP contribution in [-0.2, 0) is 17.8 Å². The molecule has 3 rings (SSSR count). The molecule has 2 heterocycles. The molecular formula is C14H16N4O. The van der Waals surface area contributed by atoms with Gasteiger partial charge in [-0.25, -0.2) is 4.98 Å². The molecule has 1 aromatic heterocycles. The molecule has 0 atom stereocenters. The van der Waals surface area contributed by atoms with E-state index >= 15 is 0 Å². The molecule has 1 saturated heterocycles. The lowest BCUT2D eigenvalue weighted by Crippen LogP contribution is -2.24. The molecule has 1 aliphatic heterocycles. The van der Waals surface area contributed by atoms with E-state index in [2.05, 4.69) is 27.3 Å². The number of hydrogen-bond acceptors (Lipinski definition) is 3. The molecule has 5 nitrogen and oxygen atoms in total. The molecule has 1 fully saturated rings. The van der Waals surface area contributed by atoms with E-state index in [4.69, 9.17) is 0 Å². The number of aromatic amines is 1. The Bertz CT molecular complexity index is 564. The molecule has 0 bridgehead atoms. The molecule has 0 unspecified atom stereocenters. The molecule has 0 spiro atoms. The second-order valence-corrected chi connectivity index (χ2v) is 4.78. The molecule has 1 aliphatic rings. The number of nitrogens with one attached hydrogen (secondary N) is 1. The minimum atomic E-state index is 0.209. The Hall–Kier alpha value is -2.17. The first-order valence-electron chi connectivity index (χ1n) is 6.53. The normalized spacial score (nSPS) is 15.2. The van der Waals surface area contributed by atoms with Crippen molar-refractivity contribution in [2.24, 2.45) is 0 Å². The van der Waals surface area contributed by atoms with Crippen LogP contribution in [0, 0.1) is 0 Å². The lowest BCUT2D eigenvalue weighted by molar-refractivity contribution is -0.128. The largest absolute Gasteiger partial charge is 0.335 e. The van der Waals surface area contributed by atoms with Crippen molar-refractivity contribution in [1.29, 1.82) is 0 Å². The van der Waals surface area contributed by atoms with Crippen molar-refractivity contribution < 1.29 is 4.79 Å². The Morgan fingerprint density at radius 1 is 1.26 bits per heavy atom. The zero-order chi connectivity index (χ0) is 13.1. The van der Waals surface area contributed by atoms with Gasteiger partial charge in [0.15, 0.2) is 5.82 Å². The number of likely N-dealkylation sites (tertiary alicyclic amines) is 1. The number of rotatable bonds is 4. The Kier molecular flexibility index (Phi) is 3.27. The lowest BCUT2D eigenvalue weighted by atomic mass is 10.1. The van der Waals surface area contributed by atoms with E-state index in [0.717, 1.165) is 24.6 Å². The smallest absolute Gasteiger partial charge is 0.223 e. The average molecular weight is 256 g/mol. The number of carbonyl (C=O) groups excluding carboxylic acids is 1. The van der Waals surface area contributed by atoms with E-state index in [1.807, 2.05) is 23.1 Å². The summed E-state index contributed by atoms with van der Waals surface area (Å²) in [4.78, 5) is 17.8. The quantitative estimate of drug-likeness (QED) is 0.902. The van der Waals surface area contributed by atoms with Crippen molar-refractivity contribution in [3.05, 3.63) is 47.5 Å². The van der Waals surface area contributed by atoms with E-state index in [1.165, 1.54) is 5.56 Å². The molecule has 0 radical (unpaired) electrons. The maximum atomic E-state index is 11.5. The van der Waals surface area contributed by atoms with Gasteiger partial charge in [0.2, 0.25) is 5.91 Å². The van der Waals surface area contributed by atoms with Gasteiger partial charge in [0.1, 0.15) is 5.82 Å². The first-order chi connectivity index (χ1) is 9.31. The summed E-state index contributed by atoms with van der Waals surface area (Å²) in [7, 11) is 0. The Balaban J connectivity index is 1.65. The second kappa shape index (κ2) is 5.22. The summed E-state index contributed by atoms with van der Waals surface area (Å²) in [6, 6.07) is 10.1. The zero-order valence-electron chi connectivity index (χ0n) is 10.7. The van der Waals surface area contributed by atoms with Crippen LogP contribution in [0.2, 0.25) is 0 Å². The maximum absolute atomic E-state index is 11.5. The highest BCUT2D eigenvalue weighted by molar-refractivity contribution is 5.77. The molecule has 19 heavy (non-hydrogen) atoms. The topological polar surface area (TPSA) is 61.9 Å². The summed E-state index contributed by atoms with van der Waals surface area (Å²) >= 11 is 0. The maximum Gasteiger partial charge on any atom is 0.223 e. The third kappa shape index (κ3) is 2.81. The first-order valence-corrected chi connectivity index (χ1v) is 6.53. The van der Waals surface area contributed by atoms with Gasteiger partial charge in [0.25, 0.3) is 0 Å². The number of amides is 1. The van der Waals surface area contributed by atoms with Gasteiger partial charge in [-0.15, -0.1) is 0 Å². The van der Waals surface area contributed by atoms with Gasteiger partial charge in [-0.1, -0.05) is 30.3 Å². The highest BCUT2D eigenvalue weighted by Crippen LogP contribution is 2.12. The Morgan fingerprint density at radius 2 is 2.11 bits per heavy atom. The van der Waals surface area contributed by atoms with Gasteiger partial charge in [-0.05, 0) is 12.0 Å². The summed E-state index contributed by atoms with van der Waals surface area (Å²) in [5, 5.41) is 7.12. The summed E-state index contributed by atoms with van der Waals surface area (Å²) in [6.45, 7) is 1.37. The SMILES string of the molecule is O=C1CCCN1Cc1nc(Cc2ccccc2)n[nH]1. The van der Waals surface area contributed by atoms with Crippen LogP contribution in [0.5, 0.6) is 0 Å². The Labute approximate surface area is 111 Å². The van der Waals surface area contributed by atoms with Crippen LogP contribution in [0.1, 0.15) is 30.1 Å². The molecule has 0 aliphatic carbocycles. The first kappa shape index (κ1) is 11.9. The van der Waals surface area contributed by atoms with Gasteiger partial charge in [0.05, 0.1) is 6.54 Å². The van der Waals surface area contributed by atoms with Crippen molar-refractivity contribution >= 4 is 5.91 Å². The van der Waals surface area contributed by atoms with Crippen molar-refractivity contribution in [2.75, 3.05) is 6.54 Å². The van der Waals surface area contributed by atoms with Gasteiger partial charge in [-0.3, -0.25) is 9.89 Å². The molecule has 1 aromatic carbocycles. The minimum Gasteiger partial charge on any atom is -0.335 e. The van der Waals surface area contributed by atoms with Crippen molar-refractivity contribution in [1.82, 2.24) is 20.1 Å². The van der Waals surface area contributed by atoms with Crippen molar-refractivity contribution in [2.45, 2.75) is 25.8 Å². The highest BCUT2D eigenvalue weighted by atomic mass is 16.2. The monoisotopic (exact) mass is 256 g/mol. The van der Waals surface area contributed by atoms with E-state index < -0.39 is 0 Å². The molecule has 1 amide bonds. The van der Waals surface area contributed by atoms with Crippen LogP contribution in [0.25, 0.3) is 0 Å². The van der Waals surface area contributed by atoms with Crippen molar-refractivity contribution in [3.63, 3.8) is 0 Å². The number of aromatic nitrogens is 3. The fourth-order valence-electron chi connectivity index (χ4n) is 2.32. The van der Waals surface area contributed by atoms with Gasteiger partial charge < -0.3 is 4.90 Å². The summed E-state index contributed by atoms with van der Waals surface area (Å²) < 4.78 is 0. The molecular weight excluding hydrogens is 240 g/mol. The Morgan fingerprint density at radius 3 is 2.84 bits per heavy atom.